The van der Waals surface area contributed by atoms with E-state index < -0.39 is 10.0 Å². The molecule has 0 saturated carbocycles. The second-order valence-corrected chi connectivity index (χ2v) is 9.05. The average molecular weight is 432 g/mol. The van der Waals surface area contributed by atoms with Gasteiger partial charge in [0, 0.05) is 26.2 Å². The highest BCUT2D eigenvalue weighted by Crippen LogP contribution is 2.32. The summed E-state index contributed by atoms with van der Waals surface area (Å²) in [4.78, 5) is 14.9. The van der Waals surface area contributed by atoms with Gasteiger partial charge in [0.1, 0.15) is 5.75 Å². The van der Waals surface area contributed by atoms with Crippen LogP contribution >= 0.6 is 0 Å². The van der Waals surface area contributed by atoms with Crippen LogP contribution in [-0.4, -0.2) is 51.4 Å². The number of para-hydroxylation sites is 1. The van der Waals surface area contributed by atoms with Gasteiger partial charge in [-0.2, -0.15) is 4.31 Å². The van der Waals surface area contributed by atoms with E-state index in [4.69, 9.17) is 4.74 Å². The van der Waals surface area contributed by atoms with Crippen LogP contribution in [0.15, 0.2) is 53.4 Å². The molecule has 2 aromatic rings. The first-order chi connectivity index (χ1) is 14.5. The van der Waals surface area contributed by atoms with E-state index in [1.165, 1.54) is 4.31 Å². The monoisotopic (exact) mass is 431 g/mol. The van der Waals surface area contributed by atoms with Gasteiger partial charge < -0.3 is 15.0 Å². The second-order valence-electron chi connectivity index (χ2n) is 7.11. The van der Waals surface area contributed by atoms with Gasteiger partial charge in [-0.25, -0.2) is 8.42 Å². The Bertz CT molecular complexity index is 954. The molecule has 30 heavy (non-hydrogen) atoms. The molecule has 3 rings (SSSR count). The molecule has 0 unspecified atom stereocenters. The normalized spacial score (nSPS) is 14.2. The van der Waals surface area contributed by atoms with Crippen molar-refractivity contribution in [2.45, 2.75) is 31.6 Å². The maximum absolute atomic E-state index is 13.0. The molecule has 0 aliphatic carbocycles. The molecule has 7 nitrogen and oxygen atoms in total. The fraction of sp³-hybridized carbons (Fsp3) is 0.409. The van der Waals surface area contributed by atoms with Gasteiger partial charge >= 0.3 is 0 Å². The topological polar surface area (TPSA) is 79.0 Å². The van der Waals surface area contributed by atoms with Gasteiger partial charge in [0.25, 0.3) is 5.91 Å². The standard InChI is InChI=1S/C22H29N3O4S/c1-3-25(4-2)30(27,28)19-12-13-21(24-14-8-9-15-24)20(16-19)23-22(26)17-29-18-10-6-5-7-11-18/h5-7,10-13,16H,3-4,8-9,14-15,17H2,1-2H3,(H,23,26). The van der Waals surface area contributed by atoms with E-state index in [1.807, 2.05) is 32.0 Å². The van der Waals surface area contributed by atoms with Crippen LogP contribution in [-0.2, 0) is 14.8 Å². The van der Waals surface area contributed by atoms with Crippen molar-refractivity contribution < 1.29 is 17.9 Å². The number of nitrogens with zero attached hydrogens (tertiary/aromatic N) is 2. The number of anilines is 2. The first kappa shape index (κ1) is 22.1. The van der Waals surface area contributed by atoms with E-state index in [0.29, 0.717) is 24.5 Å². The van der Waals surface area contributed by atoms with Gasteiger partial charge in [-0.3, -0.25) is 4.79 Å². The van der Waals surface area contributed by atoms with Crippen LogP contribution in [0.1, 0.15) is 26.7 Å². The van der Waals surface area contributed by atoms with E-state index in [1.54, 1.807) is 30.3 Å². The number of ether oxygens (including phenoxy) is 1. The molecule has 2 aromatic carbocycles. The lowest BCUT2D eigenvalue weighted by Crippen LogP contribution is -2.31. The summed E-state index contributed by atoms with van der Waals surface area (Å²) in [6.45, 7) is 6.00. The summed E-state index contributed by atoms with van der Waals surface area (Å²) in [6.07, 6.45) is 2.15. The predicted molar refractivity (Wildman–Crippen MR) is 119 cm³/mol. The molecule has 162 valence electrons. The smallest absolute Gasteiger partial charge is 0.262 e. The minimum absolute atomic E-state index is 0.156. The number of hydrogen-bond donors (Lipinski definition) is 1. The molecule has 0 atom stereocenters. The number of nitrogens with one attached hydrogen (secondary N) is 1. The predicted octanol–water partition coefficient (Wildman–Crippen LogP) is 3.33. The van der Waals surface area contributed by atoms with E-state index in [0.717, 1.165) is 31.6 Å². The highest BCUT2D eigenvalue weighted by Gasteiger charge is 2.25. The zero-order valence-electron chi connectivity index (χ0n) is 17.5. The summed E-state index contributed by atoms with van der Waals surface area (Å²) in [5.74, 6) is 0.266. The highest BCUT2D eigenvalue weighted by molar-refractivity contribution is 7.89. The van der Waals surface area contributed by atoms with Crippen LogP contribution in [0.25, 0.3) is 0 Å². The largest absolute Gasteiger partial charge is 0.484 e. The van der Waals surface area contributed by atoms with Gasteiger partial charge in [-0.1, -0.05) is 32.0 Å². The summed E-state index contributed by atoms with van der Waals surface area (Å²) in [5.41, 5.74) is 1.32. The maximum Gasteiger partial charge on any atom is 0.262 e. The summed E-state index contributed by atoms with van der Waals surface area (Å²) < 4.78 is 32.8. The molecule has 1 N–H and O–H groups in total. The van der Waals surface area contributed by atoms with Crippen molar-refractivity contribution in [3.05, 3.63) is 48.5 Å². The number of carbonyl (C=O) groups excluding carboxylic acids is 1. The minimum Gasteiger partial charge on any atom is -0.484 e. The molecule has 1 heterocycles. The van der Waals surface area contributed by atoms with Gasteiger partial charge in [0.2, 0.25) is 10.0 Å². The average Bonchev–Trinajstić information content (AvgIpc) is 3.28. The van der Waals surface area contributed by atoms with Crippen LogP contribution in [0, 0.1) is 0 Å². The maximum atomic E-state index is 13.0. The zero-order valence-corrected chi connectivity index (χ0v) is 18.3. The highest BCUT2D eigenvalue weighted by atomic mass is 32.2. The number of hydrogen-bond acceptors (Lipinski definition) is 5. The van der Waals surface area contributed by atoms with E-state index in [9.17, 15) is 13.2 Å². The lowest BCUT2D eigenvalue weighted by atomic mass is 10.2. The zero-order chi connectivity index (χ0) is 21.6. The van der Waals surface area contributed by atoms with Crippen LogP contribution in [0.2, 0.25) is 0 Å². The van der Waals surface area contributed by atoms with Crippen molar-refractivity contribution in [3.63, 3.8) is 0 Å². The number of rotatable bonds is 9. The van der Waals surface area contributed by atoms with Crippen molar-refractivity contribution >= 4 is 27.3 Å². The third kappa shape index (κ3) is 5.12. The van der Waals surface area contributed by atoms with Crippen LogP contribution < -0.4 is 15.0 Å². The number of benzene rings is 2. The van der Waals surface area contributed by atoms with E-state index >= 15 is 0 Å². The van der Waals surface area contributed by atoms with Gasteiger partial charge in [-0.15, -0.1) is 0 Å². The summed E-state index contributed by atoms with van der Waals surface area (Å²) in [6, 6.07) is 14.1. The Hall–Kier alpha value is -2.58. The third-order valence-corrected chi connectivity index (χ3v) is 7.19. The second kappa shape index (κ2) is 9.95. The fourth-order valence-electron chi connectivity index (χ4n) is 3.57. The van der Waals surface area contributed by atoms with Crippen molar-refractivity contribution in [2.24, 2.45) is 0 Å². The Morgan fingerprint density at radius 1 is 1.07 bits per heavy atom. The van der Waals surface area contributed by atoms with Crippen LogP contribution in [0.3, 0.4) is 0 Å². The van der Waals surface area contributed by atoms with Gasteiger partial charge in [0.15, 0.2) is 6.61 Å². The third-order valence-electron chi connectivity index (χ3n) is 5.15. The molecule has 1 amide bonds. The number of amides is 1. The molecule has 0 radical (unpaired) electrons. The first-order valence-electron chi connectivity index (χ1n) is 10.3. The minimum atomic E-state index is -3.62. The Kier molecular flexibility index (Phi) is 7.33. The van der Waals surface area contributed by atoms with Crippen molar-refractivity contribution in [2.75, 3.05) is 43.0 Å². The van der Waals surface area contributed by atoms with E-state index in [-0.39, 0.29) is 17.4 Å². The Labute approximate surface area is 178 Å². The molecule has 8 heteroatoms. The molecule has 0 spiro atoms. The summed E-state index contributed by atoms with van der Waals surface area (Å²) >= 11 is 0. The lowest BCUT2D eigenvalue weighted by molar-refractivity contribution is -0.118. The fourth-order valence-corrected chi connectivity index (χ4v) is 5.06. The number of carbonyl (C=O) groups is 1. The van der Waals surface area contributed by atoms with Gasteiger partial charge in [-0.05, 0) is 43.2 Å². The molecule has 0 aromatic heterocycles. The van der Waals surface area contributed by atoms with Crippen LogP contribution in [0.5, 0.6) is 5.75 Å². The lowest BCUT2D eigenvalue weighted by Gasteiger charge is -2.24. The molecule has 1 fully saturated rings. The van der Waals surface area contributed by atoms with Crippen molar-refractivity contribution in [3.8, 4) is 5.75 Å². The molecular formula is C22H29N3O4S. The van der Waals surface area contributed by atoms with Crippen LogP contribution in [0.4, 0.5) is 11.4 Å². The molecule has 1 saturated heterocycles. The quantitative estimate of drug-likeness (QED) is 0.659. The Balaban J connectivity index is 1.84. The van der Waals surface area contributed by atoms with Crippen molar-refractivity contribution in [1.82, 2.24) is 4.31 Å². The Morgan fingerprint density at radius 3 is 2.37 bits per heavy atom. The summed E-state index contributed by atoms with van der Waals surface area (Å²) in [7, 11) is -3.62. The van der Waals surface area contributed by atoms with Crippen molar-refractivity contribution in [1.29, 1.82) is 0 Å². The number of sulfonamides is 1. The molecular weight excluding hydrogens is 402 g/mol. The molecule has 0 bridgehead atoms. The van der Waals surface area contributed by atoms with Gasteiger partial charge in [0.05, 0.1) is 16.3 Å². The summed E-state index contributed by atoms with van der Waals surface area (Å²) in [5, 5.41) is 2.86. The first-order valence-corrected chi connectivity index (χ1v) is 11.8. The SMILES string of the molecule is CCN(CC)S(=O)(=O)c1ccc(N2CCCC2)c(NC(=O)COc2ccccc2)c1. The molecule has 1 aliphatic rings. The Morgan fingerprint density at radius 2 is 1.73 bits per heavy atom. The van der Waals surface area contributed by atoms with E-state index in [2.05, 4.69) is 10.2 Å². The molecule has 1 aliphatic heterocycles.